The molecule has 2 aromatic heterocycles. The van der Waals surface area contributed by atoms with E-state index >= 15 is 0 Å². The Labute approximate surface area is 180 Å². The van der Waals surface area contributed by atoms with Crippen molar-refractivity contribution in [2.75, 3.05) is 11.9 Å². The summed E-state index contributed by atoms with van der Waals surface area (Å²) in [5, 5.41) is 13.2. The zero-order valence-electron chi connectivity index (χ0n) is 17.4. The van der Waals surface area contributed by atoms with E-state index in [1.54, 1.807) is 0 Å². The van der Waals surface area contributed by atoms with Gasteiger partial charge in [0.25, 0.3) is 0 Å². The van der Waals surface area contributed by atoms with Crippen molar-refractivity contribution in [1.29, 1.82) is 5.26 Å². The molecule has 1 aliphatic heterocycles. The molecule has 0 saturated carbocycles. The van der Waals surface area contributed by atoms with Crippen molar-refractivity contribution in [3.05, 3.63) is 76.9 Å². The molecule has 3 heterocycles. The number of likely N-dealkylation sites (tertiary alicyclic amines) is 1. The van der Waals surface area contributed by atoms with Crippen LogP contribution in [-0.2, 0) is 17.9 Å². The molecule has 6 heteroatoms. The second-order valence-corrected chi connectivity index (χ2v) is 8.05. The molecule has 0 aliphatic carbocycles. The lowest BCUT2D eigenvalue weighted by atomic mass is 10.1. The highest BCUT2D eigenvalue weighted by Crippen LogP contribution is 2.27. The van der Waals surface area contributed by atoms with E-state index in [1.807, 2.05) is 52.6 Å². The zero-order chi connectivity index (χ0) is 21.4. The number of hydrogen-bond acceptors (Lipinski definition) is 4. The van der Waals surface area contributed by atoms with Gasteiger partial charge in [0.2, 0.25) is 5.91 Å². The number of pyridine rings is 1. The monoisotopic (exact) mass is 409 g/mol. The van der Waals surface area contributed by atoms with Crippen LogP contribution in [-0.4, -0.2) is 26.7 Å². The number of amides is 1. The molecule has 0 atom stereocenters. The van der Waals surface area contributed by atoms with Crippen LogP contribution < -0.4 is 5.32 Å². The van der Waals surface area contributed by atoms with Crippen LogP contribution in [0, 0.1) is 18.3 Å². The highest BCUT2D eigenvalue weighted by atomic mass is 16.2. The van der Waals surface area contributed by atoms with E-state index in [4.69, 9.17) is 4.98 Å². The van der Waals surface area contributed by atoms with Gasteiger partial charge in [0.05, 0.1) is 16.6 Å². The second-order valence-electron chi connectivity index (χ2n) is 8.05. The molecule has 1 aliphatic rings. The van der Waals surface area contributed by atoms with Crippen molar-refractivity contribution in [2.45, 2.75) is 32.9 Å². The van der Waals surface area contributed by atoms with Gasteiger partial charge in [0.1, 0.15) is 11.9 Å². The first kappa shape index (κ1) is 19.1. The quantitative estimate of drug-likeness (QED) is 0.530. The van der Waals surface area contributed by atoms with Crippen molar-refractivity contribution in [2.24, 2.45) is 0 Å². The molecule has 0 radical (unpaired) electrons. The number of nitrogens with one attached hydrogen (secondary N) is 1. The minimum atomic E-state index is 0.242. The number of aryl methyl sites for hydroxylation is 1. The van der Waals surface area contributed by atoms with Crippen LogP contribution in [0.1, 0.15) is 35.1 Å². The Balaban J connectivity index is 1.46. The average molecular weight is 409 g/mol. The fraction of sp³-hybridized carbons (Fsp3) is 0.240. The number of benzene rings is 2. The molecular weight excluding hydrogens is 386 g/mol. The molecule has 154 valence electrons. The third-order valence-electron chi connectivity index (χ3n) is 5.89. The van der Waals surface area contributed by atoms with E-state index in [9.17, 15) is 10.1 Å². The van der Waals surface area contributed by atoms with Gasteiger partial charge in [0, 0.05) is 26.1 Å². The molecule has 0 spiro atoms. The van der Waals surface area contributed by atoms with Crippen molar-refractivity contribution < 1.29 is 4.79 Å². The summed E-state index contributed by atoms with van der Waals surface area (Å²) in [5.74, 6) is 1.14. The number of anilines is 1. The summed E-state index contributed by atoms with van der Waals surface area (Å²) in [6.45, 7) is 4.09. The lowest BCUT2D eigenvalue weighted by Gasteiger charge is -2.16. The maximum Gasteiger partial charge on any atom is 0.222 e. The molecule has 5 rings (SSSR count). The first-order valence-electron chi connectivity index (χ1n) is 10.5. The summed E-state index contributed by atoms with van der Waals surface area (Å²) in [6, 6.07) is 20.6. The second kappa shape index (κ2) is 7.77. The average Bonchev–Trinajstić information content (AvgIpc) is 3.36. The van der Waals surface area contributed by atoms with Gasteiger partial charge in [-0.25, -0.2) is 4.98 Å². The van der Waals surface area contributed by atoms with Crippen LogP contribution in [0.3, 0.4) is 0 Å². The molecule has 0 bridgehead atoms. The van der Waals surface area contributed by atoms with Crippen molar-refractivity contribution in [1.82, 2.24) is 14.3 Å². The van der Waals surface area contributed by atoms with Gasteiger partial charge >= 0.3 is 0 Å². The van der Waals surface area contributed by atoms with Crippen LogP contribution in [0.4, 0.5) is 5.82 Å². The Kier molecular flexibility index (Phi) is 4.79. The number of nitrogens with zero attached hydrogens (tertiary/aromatic N) is 4. The van der Waals surface area contributed by atoms with Crippen molar-refractivity contribution in [3.8, 4) is 6.07 Å². The van der Waals surface area contributed by atoms with Gasteiger partial charge in [-0.2, -0.15) is 5.26 Å². The van der Waals surface area contributed by atoms with Gasteiger partial charge in [0.15, 0.2) is 5.65 Å². The van der Waals surface area contributed by atoms with E-state index in [1.165, 1.54) is 0 Å². The highest BCUT2D eigenvalue weighted by molar-refractivity contribution is 5.85. The number of rotatable bonds is 5. The Morgan fingerprint density at radius 2 is 1.97 bits per heavy atom. The summed E-state index contributed by atoms with van der Waals surface area (Å²) < 4.78 is 2.02. The normalized spacial score (nSPS) is 13.8. The minimum Gasteiger partial charge on any atom is -0.367 e. The number of fused-ring (bicyclic) bond motifs is 3. The minimum absolute atomic E-state index is 0.242. The Morgan fingerprint density at radius 1 is 1.13 bits per heavy atom. The Morgan fingerprint density at radius 3 is 2.77 bits per heavy atom. The lowest BCUT2D eigenvalue weighted by Crippen LogP contribution is -2.23. The zero-order valence-corrected chi connectivity index (χ0v) is 17.4. The summed E-state index contributed by atoms with van der Waals surface area (Å²) in [7, 11) is 0. The van der Waals surface area contributed by atoms with E-state index in [2.05, 4.69) is 29.6 Å². The molecule has 31 heavy (non-hydrogen) atoms. The first-order valence-corrected chi connectivity index (χ1v) is 10.5. The summed E-state index contributed by atoms with van der Waals surface area (Å²) in [4.78, 5) is 18.6. The SMILES string of the molecule is Cc1cc(NCc2cccc(CN3CCCC3=O)c2)n2c(nc3ccccc32)c1C#N. The molecule has 4 aromatic rings. The van der Waals surface area contributed by atoms with Crippen LogP contribution in [0.5, 0.6) is 0 Å². The van der Waals surface area contributed by atoms with E-state index < -0.39 is 0 Å². The lowest BCUT2D eigenvalue weighted by molar-refractivity contribution is -0.128. The standard InChI is InChI=1S/C25H23N5O/c1-17-12-23(30-22-9-3-2-8-21(22)28-25(30)20(17)14-26)27-15-18-6-4-7-19(13-18)16-29-11-5-10-24(29)31/h2-4,6-9,12-13,27H,5,10-11,15-16H2,1H3. The third-order valence-corrected chi connectivity index (χ3v) is 5.89. The number of para-hydroxylation sites is 2. The van der Waals surface area contributed by atoms with Gasteiger partial charge in [-0.15, -0.1) is 0 Å². The molecule has 2 aromatic carbocycles. The van der Waals surface area contributed by atoms with E-state index in [-0.39, 0.29) is 5.91 Å². The predicted octanol–water partition coefficient (Wildman–Crippen LogP) is 4.40. The molecule has 1 saturated heterocycles. The fourth-order valence-corrected chi connectivity index (χ4v) is 4.35. The van der Waals surface area contributed by atoms with Crippen LogP contribution in [0.25, 0.3) is 16.7 Å². The first-order chi connectivity index (χ1) is 15.1. The van der Waals surface area contributed by atoms with E-state index in [0.717, 1.165) is 46.5 Å². The molecule has 1 amide bonds. The number of nitriles is 1. The topological polar surface area (TPSA) is 73.4 Å². The van der Waals surface area contributed by atoms with Gasteiger partial charge < -0.3 is 10.2 Å². The molecule has 6 nitrogen and oxygen atoms in total. The number of hydrogen-bond donors (Lipinski definition) is 1. The summed E-state index contributed by atoms with van der Waals surface area (Å²) >= 11 is 0. The summed E-state index contributed by atoms with van der Waals surface area (Å²) in [5.41, 5.74) is 6.29. The molecular formula is C25H23N5O. The molecule has 1 fully saturated rings. The largest absolute Gasteiger partial charge is 0.367 e. The van der Waals surface area contributed by atoms with Gasteiger partial charge in [-0.1, -0.05) is 36.4 Å². The summed E-state index contributed by atoms with van der Waals surface area (Å²) in [6.07, 6.45) is 1.61. The smallest absolute Gasteiger partial charge is 0.222 e. The Bertz CT molecular complexity index is 1350. The number of imidazole rings is 1. The maximum atomic E-state index is 11.9. The molecule has 1 N–H and O–H groups in total. The fourth-order valence-electron chi connectivity index (χ4n) is 4.35. The number of carbonyl (C=O) groups excluding carboxylic acids is 1. The predicted molar refractivity (Wildman–Crippen MR) is 121 cm³/mol. The van der Waals surface area contributed by atoms with Crippen LogP contribution >= 0.6 is 0 Å². The van der Waals surface area contributed by atoms with Crippen molar-refractivity contribution >= 4 is 28.4 Å². The van der Waals surface area contributed by atoms with Crippen LogP contribution in [0.2, 0.25) is 0 Å². The highest BCUT2D eigenvalue weighted by Gasteiger charge is 2.20. The van der Waals surface area contributed by atoms with Gasteiger partial charge in [-0.3, -0.25) is 9.20 Å². The molecule has 0 unspecified atom stereocenters. The number of carbonyl (C=O) groups is 1. The maximum absolute atomic E-state index is 11.9. The Hall–Kier alpha value is -3.85. The van der Waals surface area contributed by atoms with E-state index in [0.29, 0.717) is 30.7 Å². The van der Waals surface area contributed by atoms with Gasteiger partial charge in [-0.05, 0) is 48.2 Å². The third kappa shape index (κ3) is 3.49. The van der Waals surface area contributed by atoms with Crippen molar-refractivity contribution in [3.63, 3.8) is 0 Å². The number of aromatic nitrogens is 2. The van der Waals surface area contributed by atoms with Crippen LogP contribution in [0.15, 0.2) is 54.6 Å².